The number of ether oxygens (including phenoxy) is 1. The molecule has 0 amide bonds. The van der Waals surface area contributed by atoms with Crippen molar-refractivity contribution in [3.05, 3.63) is 47.8 Å². The van der Waals surface area contributed by atoms with E-state index in [2.05, 4.69) is 0 Å². The molecule has 0 unspecified atom stereocenters. The second-order valence-electron chi connectivity index (χ2n) is 3.56. The lowest BCUT2D eigenvalue weighted by molar-refractivity contribution is 0.0697. The lowest BCUT2D eigenvalue weighted by Crippen LogP contribution is -2.06. The second kappa shape index (κ2) is 4.63. The maximum absolute atomic E-state index is 11.2. The Balaban J connectivity index is 2.68. The van der Waals surface area contributed by atoms with Gasteiger partial charge in [0, 0.05) is 12.3 Å². The summed E-state index contributed by atoms with van der Waals surface area (Å²) in [5.74, 6) is -0.516. The topological polar surface area (TPSA) is 75.2 Å². The molecular weight excluding hydrogens is 232 g/mol. The van der Waals surface area contributed by atoms with Crippen LogP contribution in [0.3, 0.4) is 0 Å². The third kappa shape index (κ3) is 1.92. The molecule has 0 bridgehead atoms. The number of nitrogens with zero attached hydrogens (tertiary/aromatic N) is 2. The van der Waals surface area contributed by atoms with Gasteiger partial charge in [0.1, 0.15) is 17.5 Å². The molecule has 2 aromatic rings. The average Bonchev–Trinajstić information content (AvgIpc) is 2.85. The number of benzene rings is 1. The number of aromatic carboxylic acids is 1. The van der Waals surface area contributed by atoms with Crippen molar-refractivity contribution in [2.45, 2.75) is 0 Å². The molecule has 0 fully saturated rings. The van der Waals surface area contributed by atoms with Crippen LogP contribution >= 0.6 is 0 Å². The van der Waals surface area contributed by atoms with Crippen molar-refractivity contribution in [3.63, 3.8) is 0 Å². The van der Waals surface area contributed by atoms with Crippen LogP contribution in [0.5, 0.6) is 5.75 Å². The molecule has 0 atom stereocenters. The first kappa shape index (κ1) is 11.7. The number of carboxylic acid groups (broad SMARTS) is 1. The summed E-state index contributed by atoms with van der Waals surface area (Å²) in [7, 11) is 1.50. The fourth-order valence-corrected chi connectivity index (χ4v) is 1.70. The summed E-state index contributed by atoms with van der Waals surface area (Å²) >= 11 is 0. The smallest absolute Gasteiger partial charge is 0.337 e. The molecule has 1 aromatic heterocycles. The van der Waals surface area contributed by atoms with Crippen LogP contribution in [-0.4, -0.2) is 22.8 Å². The minimum absolute atomic E-state index is 0.114. The zero-order valence-electron chi connectivity index (χ0n) is 9.62. The van der Waals surface area contributed by atoms with E-state index in [-0.39, 0.29) is 5.56 Å². The Labute approximate surface area is 103 Å². The van der Waals surface area contributed by atoms with E-state index >= 15 is 0 Å². The van der Waals surface area contributed by atoms with Crippen LogP contribution in [0.2, 0.25) is 0 Å². The van der Waals surface area contributed by atoms with Gasteiger partial charge in [-0.25, -0.2) is 4.79 Å². The molecule has 0 aliphatic heterocycles. The van der Waals surface area contributed by atoms with E-state index in [1.54, 1.807) is 30.5 Å². The quantitative estimate of drug-likeness (QED) is 0.893. The van der Waals surface area contributed by atoms with E-state index in [1.165, 1.54) is 17.7 Å². The highest BCUT2D eigenvalue weighted by molar-refractivity contribution is 5.92. The SMILES string of the molecule is COc1ccc(C(=O)O)c(-n2cccc2C#N)c1. The number of rotatable bonds is 3. The molecule has 0 saturated carbocycles. The van der Waals surface area contributed by atoms with Gasteiger partial charge < -0.3 is 14.4 Å². The van der Waals surface area contributed by atoms with E-state index in [0.717, 1.165) is 0 Å². The van der Waals surface area contributed by atoms with Crippen LogP contribution in [0, 0.1) is 11.3 Å². The van der Waals surface area contributed by atoms with Gasteiger partial charge in [-0.2, -0.15) is 5.26 Å². The van der Waals surface area contributed by atoms with Crippen LogP contribution in [0.1, 0.15) is 16.1 Å². The van der Waals surface area contributed by atoms with E-state index in [0.29, 0.717) is 17.1 Å². The third-order valence-corrected chi connectivity index (χ3v) is 2.56. The standard InChI is InChI=1S/C13H10N2O3/c1-18-10-4-5-11(13(16)17)12(7-10)15-6-2-3-9(15)8-14/h2-7H,1H3,(H,16,17). The molecule has 90 valence electrons. The Kier molecular flexibility index (Phi) is 3.02. The van der Waals surface area contributed by atoms with Gasteiger partial charge in [0.05, 0.1) is 18.4 Å². The van der Waals surface area contributed by atoms with Crippen LogP contribution in [0.4, 0.5) is 0 Å². The van der Waals surface area contributed by atoms with Crippen molar-refractivity contribution >= 4 is 5.97 Å². The van der Waals surface area contributed by atoms with E-state index < -0.39 is 5.97 Å². The van der Waals surface area contributed by atoms with Gasteiger partial charge in [-0.05, 0) is 24.3 Å². The van der Waals surface area contributed by atoms with Crippen LogP contribution < -0.4 is 4.74 Å². The Bertz CT molecular complexity index is 638. The van der Waals surface area contributed by atoms with Gasteiger partial charge in [0.15, 0.2) is 0 Å². The lowest BCUT2D eigenvalue weighted by Gasteiger charge is -2.10. The summed E-state index contributed by atoms with van der Waals surface area (Å²) in [5.41, 5.74) is 0.887. The summed E-state index contributed by atoms with van der Waals surface area (Å²) in [6.45, 7) is 0. The van der Waals surface area contributed by atoms with Crippen molar-refractivity contribution in [3.8, 4) is 17.5 Å². The van der Waals surface area contributed by atoms with Crippen molar-refractivity contribution in [1.29, 1.82) is 5.26 Å². The molecule has 1 N–H and O–H groups in total. The fraction of sp³-hybridized carbons (Fsp3) is 0.0769. The minimum Gasteiger partial charge on any atom is -0.497 e. The number of aromatic nitrogens is 1. The maximum Gasteiger partial charge on any atom is 0.337 e. The normalized spacial score (nSPS) is 9.78. The lowest BCUT2D eigenvalue weighted by atomic mass is 10.1. The van der Waals surface area contributed by atoms with Crippen LogP contribution in [-0.2, 0) is 0 Å². The van der Waals surface area contributed by atoms with Crippen LogP contribution in [0.25, 0.3) is 5.69 Å². The first-order chi connectivity index (χ1) is 8.67. The predicted molar refractivity (Wildman–Crippen MR) is 64.0 cm³/mol. The van der Waals surface area contributed by atoms with Crippen molar-refractivity contribution in [1.82, 2.24) is 4.57 Å². The highest BCUT2D eigenvalue weighted by Gasteiger charge is 2.14. The molecule has 1 aromatic carbocycles. The molecule has 0 aliphatic rings. The Morgan fingerprint density at radius 1 is 1.44 bits per heavy atom. The summed E-state index contributed by atoms with van der Waals surface area (Å²) < 4.78 is 6.59. The van der Waals surface area contributed by atoms with Gasteiger partial charge in [0.25, 0.3) is 0 Å². The number of carboxylic acids is 1. The highest BCUT2D eigenvalue weighted by atomic mass is 16.5. The molecule has 5 heteroatoms. The monoisotopic (exact) mass is 242 g/mol. The number of hydrogen-bond acceptors (Lipinski definition) is 3. The molecule has 0 saturated heterocycles. The second-order valence-corrected chi connectivity index (χ2v) is 3.56. The Morgan fingerprint density at radius 3 is 2.83 bits per heavy atom. The van der Waals surface area contributed by atoms with Crippen molar-refractivity contribution in [2.24, 2.45) is 0 Å². The zero-order valence-corrected chi connectivity index (χ0v) is 9.62. The minimum atomic E-state index is -1.05. The molecule has 0 radical (unpaired) electrons. The summed E-state index contributed by atoms with van der Waals surface area (Å²) in [4.78, 5) is 11.2. The summed E-state index contributed by atoms with van der Waals surface area (Å²) in [6.07, 6.45) is 1.64. The fourth-order valence-electron chi connectivity index (χ4n) is 1.70. The van der Waals surface area contributed by atoms with E-state index in [9.17, 15) is 4.79 Å². The highest BCUT2D eigenvalue weighted by Crippen LogP contribution is 2.23. The van der Waals surface area contributed by atoms with Gasteiger partial charge >= 0.3 is 5.97 Å². The number of nitriles is 1. The molecule has 18 heavy (non-hydrogen) atoms. The van der Waals surface area contributed by atoms with Gasteiger partial charge in [-0.15, -0.1) is 0 Å². The first-order valence-electron chi connectivity index (χ1n) is 5.16. The molecule has 0 spiro atoms. The Hall–Kier alpha value is -2.74. The molecule has 5 nitrogen and oxygen atoms in total. The molecule has 2 rings (SSSR count). The number of methoxy groups -OCH3 is 1. The average molecular weight is 242 g/mol. The summed E-state index contributed by atoms with van der Waals surface area (Å²) in [6, 6.07) is 9.92. The number of hydrogen-bond donors (Lipinski definition) is 1. The van der Waals surface area contributed by atoms with E-state index in [1.807, 2.05) is 6.07 Å². The van der Waals surface area contributed by atoms with Gasteiger partial charge in [-0.3, -0.25) is 0 Å². The first-order valence-corrected chi connectivity index (χ1v) is 5.16. The molecule has 0 aliphatic carbocycles. The maximum atomic E-state index is 11.2. The number of carbonyl (C=O) groups is 1. The van der Waals surface area contributed by atoms with Gasteiger partial charge in [0.2, 0.25) is 0 Å². The van der Waals surface area contributed by atoms with E-state index in [4.69, 9.17) is 15.1 Å². The summed E-state index contributed by atoms with van der Waals surface area (Å²) in [5, 5.41) is 18.1. The zero-order chi connectivity index (χ0) is 13.1. The molecule has 1 heterocycles. The van der Waals surface area contributed by atoms with Crippen molar-refractivity contribution < 1.29 is 14.6 Å². The Morgan fingerprint density at radius 2 is 2.22 bits per heavy atom. The van der Waals surface area contributed by atoms with Crippen LogP contribution in [0.15, 0.2) is 36.5 Å². The molecular formula is C13H10N2O3. The van der Waals surface area contributed by atoms with Crippen molar-refractivity contribution in [2.75, 3.05) is 7.11 Å². The predicted octanol–water partition coefficient (Wildman–Crippen LogP) is 2.06. The van der Waals surface area contributed by atoms with Gasteiger partial charge in [-0.1, -0.05) is 0 Å². The largest absolute Gasteiger partial charge is 0.497 e. The third-order valence-electron chi connectivity index (χ3n) is 2.56.